The summed E-state index contributed by atoms with van der Waals surface area (Å²) in [6, 6.07) is 8.84. The number of alkyl halides is 3. The van der Waals surface area contributed by atoms with Crippen LogP contribution in [-0.2, 0) is 20.9 Å². The van der Waals surface area contributed by atoms with Gasteiger partial charge in [-0.3, -0.25) is 4.79 Å². The van der Waals surface area contributed by atoms with E-state index in [1.54, 1.807) is 30.3 Å². The molecule has 24 heavy (non-hydrogen) atoms. The Morgan fingerprint density at radius 2 is 1.79 bits per heavy atom. The summed E-state index contributed by atoms with van der Waals surface area (Å²) in [5.74, 6) is -2.48. The fourth-order valence-corrected chi connectivity index (χ4v) is 2.00. The van der Waals surface area contributed by atoms with Gasteiger partial charge in [0.05, 0.1) is 18.9 Å². The Morgan fingerprint density at radius 1 is 1.17 bits per heavy atom. The molecule has 1 aromatic carbocycles. The zero-order chi connectivity index (χ0) is 18.2. The Labute approximate surface area is 138 Å². The van der Waals surface area contributed by atoms with Crippen molar-refractivity contribution in [2.75, 3.05) is 20.2 Å². The van der Waals surface area contributed by atoms with E-state index >= 15 is 0 Å². The number of benzene rings is 1. The van der Waals surface area contributed by atoms with Crippen LogP contribution in [-0.4, -0.2) is 43.3 Å². The monoisotopic (exact) mass is 347 g/mol. The molecule has 134 valence electrons. The molecule has 0 aliphatic rings. The molecule has 1 rings (SSSR count). The number of nitrogens with zero attached hydrogens (tertiary/aromatic N) is 1. The molecule has 5 nitrogen and oxygen atoms in total. The molecule has 0 fully saturated rings. The van der Waals surface area contributed by atoms with E-state index in [9.17, 15) is 22.8 Å². The summed E-state index contributed by atoms with van der Waals surface area (Å²) >= 11 is 0. The van der Waals surface area contributed by atoms with Crippen LogP contribution in [0.25, 0.3) is 0 Å². The molecule has 0 aromatic heterocycles. The van der Waals surface area contributed by atoms with Gasteiger partial charge in [-0.1, -0.05) is 30.3 Å². The molecule has 0 heterocycles. The maximum Gasteiger partial charge on any atom is 0.409 e. The molecule has 0 saturated carbocycles. The van der Waals surface area contributed by atoms with Gasteiger partial charge < -0.3 is 14.4 Å². The van der Waals surface area contributed by atoms with Crippen molar-refractivity contribution in [3.05, 3.63) is 35.9 Å². The molecule has 8 heteroatoms. The second kappa shape index (κ2) is 9.14. The molecule has 0 saturated heterocycles. The highest BCUT2D eigenvalue weighted by molar-refractivity contribution is 5.74. The number of esters is 1. The van der Waals surface area contributed by atoms with Gasteiger partial charge in [-0.05, 0) is 12.5 Å². The average Bonchev–Trinajstić information content (AvgIpc) is 2.51. The van der Waals surface area contributed by atoms with Gasteiger partial charge in [0.2, 0.25) is 0 Å². The number of hydrogen-bond donors (Lipinski definition) is 0. The second-order valence-corrected chi connectivity index (χ2v) is 5.19. The summed E-state index contributed by atoms with van der Waals surface area (Å²) in [5, 5.41) is 0. The first-order valence-corrected chi connectivity index (χ1v) is 7.38. The van der Waals surface area contributed by atoms with E-state index in [1.807, 2.05) is 0 Å². The largest absolute Gasteiger partial charge is 0.466 e. The number of hydrogen-bond acceptors (Lipinski definition) is 4. The van der Waals surface area contributed by atoms with Crippen LogP contribution in [0.15, 0.2) is 30.3 Å². The van der Waals surface area contributed by atoms with E-state index < -0.39 is 37.1 Å². The zero-order valence-electron chi connectivity index (χ0n) is 13.5. The lowest BCUT2D eigenvalue weighted by molar-refractivity contribution is -0.168. The Balaban J connectivity index is 2.60. The van der Waals surface area contributed by atoms with E-state index in [4.69, 9.17) is 4.74 Å². The normalized spacial score (nSPS) is 12.4. The third kappa shape index (κ3) is 7.34. The van der Waals surface area contributed by atoms with Gasteiger partial charge in [-0.15, -0.1) is 0 Å². The summed E-state index contributed by atoms with van der Waals surface area (Å²) in [7, 11) is 1.27. The second-order valence-electron chi connectivity index (χ2n) is 5.19. The minimum absolute atomic E-state index is 0.00659. The van der Waals surface area contributed by atoms with Crippen LogP contribution < -0.4 is 0 Å². The lowest BCUT2D eigenvalue weighted by Gasteiger charge is -2.23. The van der Waals surface area contributed by atoms with Crippen LogP contribution in [0, 0.1) is 5.92 Å². The lowest BCUT2D eigenvalue weighted by Crippen LogP contribution is -2.38. The topological polar surface area (TPSA) is 55.8 Å². The molecule has 1 unspecified atom stereocenters. The van der Waals surface area contributed by atoms with Crippen molar-refractivity contribution in [3.63, 3.8) is 0 Å². The van der Waals surface area contributed by atoms with Gasteiger partial charge in [-0.25, -0.2) is 4.79 Å². The van der Waals surface area contributed by atoms with Gasteiger partial charge in [0.15, 0.2) is 0 Å². The highest BCUT2D eigenvalue weighted by Gasteiger charge is 2.37. The van der Waals surface area contributed by atoms with Crippen molar-refractivity contribution in [1.29, 1.82) is 0 Å². The molecule has 1 amide bonds. The van der Waals surface area contributed by atoms with E-state index in [0.29, 0.717) is 0 Å². The van der Waals surface area contributed by atoms with Crippen molar-refractivity contribution in [3.8, 4) is 0 Å². The Morgan fingerprint density at radius 3 is 2.33 bits per heavy atom. The van der Waals surface area contributed by atoms with Gasteiger partial charge in [-0.2, -0.15) is 13.2 Å². The van der Waals surface area contributed by atoms with E-state index in [2.05, 4.69) is 4.74 Å². The average molecular weight is 347 g/mol. The third-order valence-corrected chi connectivity index (χ3v) is 3.11. The van der Waals surface area contributed by atoms with Crippen LogP contribution in [0.4, 0.5) is 18.0 Å². The molecule has 0 spiro atoms. The van der Waals surface area contributed by atoms with E-state index in [1.165, 1.54) is 14.0 Å². The zero-order valence-corrected chi connectivity index (χ0v) is 13.5. The highest BCUT2D eigenvalue weighted by Crippen LogP contribution is 2.26. The van der Waals surface area contributed by atoms with Crippen molar-refractivity contribution in [1.82, 2.24) is 4.90 Å². The third-order valence-electron chi connectivity index (χ3n) is 3.11. The van der Waals surface area contributed by atoms with Crippen LogP contribution in [0.5, 0.6) is 0 Å². The van der Waals surface area contributed by atoms with Crippen LogP contribution in [0.2, 0.25) is 0 Å². The molecule has 0 aliphatic heterocycles. The molecular weight excluding hydrogens is 327 g/mol. The Kier molecular flexibility index (Phi) is 7.54. The molecule has 0 radical (unpaired) electrons. The SMILES string of the molecule is CCOC(=O)C(CN(C)C(=O)OCc1ccccc1)CC(F)(F)F. The van der Waals surface area contributed by atoms with Crippen LogP contribution in [0.1, 0.15) is 18.9 Å². The first-order chi connectivity index (χ1) is 11.2. The maximum atomic E-state index is 12.6. The fraction of sp³-hybridized carbons (Fsp3) is 0.500. The number of carbonyl (C=O) groups excluding carboxylic acids is 2. The van der Waals surface area contributed by atoms with Gasteiger partial charge in [0, 0.05) is 13.6 Å². The predicted octanol–water partition coefficient (Wildman–Crippen LogP) is 3.39. The minimum Gasteiger partial charge on any atom is -0.466 e. The molecule has 0 bridgehead atoms. The maximum absolute atomic E-state index is 12.6. The first-order valence-electron chi connectivity index (χ1n) is 7.38. The molecule has 1 aromatic rings. The first kappa shape index (κ1) is 19.8. The Hall–Kier alpha value is -2.25. The minimum atomic E-state index is -4.54. The number of carbonyl (C=O) groups is 2. The van der Waals surface area contributed by atoms with Crippen molar-refractivity contribution in [2.45, 2.75) is 26.1 Å². The van der Waals surface area contributed by atoms with Crippen LogP contribution in [0.3, 0.4) is 0 Å². The van der Waals surface area contributed by atoms with Gasteiger partial charge in [0.1, 0.15) is 6.61 Å². The van der Waals surface area contributed by atoms with Gasteiger partial charge in [0.25, 0.3) is 0 Å². The fourth-order valence-electron chi connectivity index (χ4n) is 2.00. The smallest absolute Gasteiger partial charge is 0.409 e. The molecule has 1 atom stereocenters. The van der Waals surface area contributed by atoms with E-state index in [0.717, 1.165) is 10.5 Å². The highest BCUT2D eigenvalue weighted by atomic mass is 19.4. The molecule has 0 aliphatic carbocycles. The summed E-state index contributed by atoms with van der Waals surface area (Å²) in [5.41, 5.74) is 0.747. The summed E-state index contributed by atoms with van der Waals surface area (Å²) in [6.07, 6.45) is -6.70. The van der Waals surface area contributed by atoms with Crippen LogP contribution >= 0.6 is 0 Å². The molecule has 0 N–H and O–H groups in total. The number of rotatable bonds is 7. The van der Waals surface area contributed by atoms with E-state index in [-0.39, 0.29) is 13.2 Å². The summed E-state index contributed by atoms with van der Waals surface area (Å²) in [6.45, 7) is 1.02. The predicted molar refractivity (Wildman–Crippen MR) is 80.1 cm³/mol. The lowest BCUT2D eigenvalue weighted by atomic mass is 10.1. The number of halogens is 3. The summed E-state index contributed by atoms with van der Waals surface area (Å²) < 4.78 is 47.4. The summed E-state index contributed by atoms with van der Waals surface area (Å²) in [4.78, 5) is 24.5. The van der Waals surface area contributed by atoms with Crippen molar-refractivity contribution >= 4 is 12.1 Å². The molecular formula is C16H20F3NO4. The standard InChI is InChI=1S/C16H20F3NO4/c1-3-23-14(21)13(9-16(17,18)19)10-20(2)15(22)24-11-12-7-5-4-6-8-12/h4-8,13H,3,9-11H2,1-2H3. The number of amides is 1. The van der Waals surface area contributed by atoms with Gasteiger partial charge >= 0.3 is 18.2 Å². The van der Waals surface area contributed by atoms with Crippen molar-refractivity contribution < 1.29 is 32.2 Å². The quantitative estimate of drug-likeness (QED) is 0.710. The van der Waals surface area contributed by atoms with Crippen molar-refractivity contribution in [2.24, 2.45) is 5.92 Å². The Bertz CT molecular complexity index is 534. The number of ether oxygens (including phenoxy) is 2.